The van der Waals surface area contributed by atoms with Crippen LogP contribution in [0.1, 0.15) is 48.3 Å². The van der Waals surface area contributed by atoms with E-state index in [4.69, 9.17) is 16.9 Å². The van der Waals surface area contributed by atoms with E-state index < -0.39 is 0 Å². The third-order valence-corrected chi connectivity index (χ3v) is 5.10. The molecular weight excluding hydrogens is 348 g/mol. The highest BCUT2D eigenvalue weighted by Crippen LogP contribution is 2.23. The van der Waals surface area contributed by atoms with E-state index in [1.165, 1.54) is 0 Å². The average Bonchev–Trinajstić information content (AvgIpc) is 2.89. The minimum Gasteiger partial charge on any atom is -0.339 e. The molecule has 1 aromatic heterocycles. The molecule has 2 aromatic rings. The van der Waals surface area contributed by atoms with E-state index in [0.717, 1.165) is 22.5 Å². The summed E-state index contributed by atoms with van der Waals surface area (Å²) in [4.78, 5) is 14.4. The zero-order valence-electron chi connectivity index (χ0n) is 15.8. The molecule has 1 amide bonds. The Morgan fingerprint density at radius 3 is 2.81 bits per heavy atom. The smallest absolute Gasteiger partial charge is 0.223 e. The fourth-order valence-corrected chi connectivity index (χ4v) is 3.28. The second-order valence-electron chi connectivity index (χ2n) is 6.52. The maximum absolute atomic E-state index is 12.6. The molecule has 1 heterocycles. The van der Waals surface area contributed by atoms with Crippen LogP contribution in [0.2, 0.25) is 5.02 Å². The Morgan fingerprint density at radius 2 is 2.15 bits per heavy atom. The molecule has 138 valence electrons. The van der Waals surface area contributed by atoms with Gasteiger partial charge in [0, 0.05) is 24.2 Å². The van der Waals surface area contributed by atoms with Crippen LogP contribution in [-0.2, 0) is 17.8 Å². The number of benzene rings is 1. The quantitative estimate of drug-likeness (QED) is 0.731. The lowest BCUT2D eigenvalue weighted by molar-refractivity contribution is -0.131. The second kappa shape index (κ2) is 8.86. The van der Waals surface area contributed by atoms with Crippen molar-refractivity contribution in [1.82, 2.24) is 14.7 Å². The van der Waals surface area contributed by atoms with Gasteiger partial charge in [-0.05, 0) is 50.5 Å². The molecule has 0 saturated carbocycles. The minimum atomic E-state index is -0.0401. The zero-order valence-corrected chi connectivity index (χ0v) is 16.5. The molecule has 0 N–H and O–H groups in total. The predicted molar refractivity (Wildman–Crippen MR) is 103 cm³/mol. The van der Waals surface area contributed by atoms with E-state index in [2.05, 4.69) is 11.2 Å². The van der Waals surface area contributed by atoms with Gasteiger partial charge in [-0.2, -0.15) is 10.4 Å². The number of carbonyl (C=O) groups excluding carboxylic acids is 1. The monoisotopic (exact) mass is 372 g/mol. The van der Waals surface area contributed by atoms with Crippen LogP contribution in [0.15, 0.2) is 24.3 Å². The molecule has 0 fully saturated rings. The highest BCUT2D eigenvalue weighted by molar-refractivity contribution is 6.30. The molecule has 0 aliphatic carbocycles. The van der Waals surface area contributed by atoms with Gasteiger partial charge in [0.15, 0.2) is 0 Å². The van der Waals surface area contributed by atoms with Crippen LogP contribution in [0.4, 0.5) is 0 Å². The van der Waals surface area contributed by atoms with E-state index in [1.54, 1.807) is 4.90 Å². The fraction of sp³-hybridized carbons (Fsp3) is 0.450. The van der Waals surface area contributed by atoms with Gasteiger partial charge in [0.1, 0.15) is 0 Å². The summed E-state index contributed by atoms with van der Waals surface area (Å²) in [5.41, 5.74) is 4.08. The van der Waals surface area contributed by atoms with Gasteiger partial charge < -0.3 is 4.90 Å². The van der Waals surface area contributed by atoms with Gasteiger partial charge in [0.25, 0.3) is 0 Å². The van der Waals surface area contributed by atoms with Crippen LogP contribution < -0.4 is 0 Å². The van der Waals surface area contributed by atoms with Crippen LogP contribution in [0.25, 0.3) is 0 Å². The molecule has 0 saturated heterocycles. The summed E-state index contributed by atoms with van der Waals surface area (Å²) in [6.45, 7) is 6.53. The Hall–Kier alpha value is -2.32. The van der Waals surface area contributed by atoms with Gasteiger partial charge in [0.05, 0.1) is 30.8 Å². The van der Waals surface area contributed by atoms with Gasteiger partial charge >= 0.3 is 0 Å². The highest BCUT2D eigenvalue weighted by atomic mass is 35.5. The summed E-state index contributed by atoms with van der Waals surface area (Å²) < 4.78 is 1.86. The van der Waals surface area contributed by atoms with E-state index in [9.17, 15) is 4.79 Å². The van der Waals surface area contributed by atoms with E-state index in [0.29, 0.717) is 30.8 Å². The Morgan fingerprint density at radius 1 is 1.42 bits per heavy atom. The lowest BCUT2D eigenvalue weighted by Crippen LogP contribution is -2.29. The van der Waals surface area contributed by atoms with E-state index >= 15 is 0 Å². The SMILES string of the molecule is Cc1nn(CCC#N)c(C)c1CCC(=O)N(C)C(C)c1cccc(Cl)c1. The van der Waals surface area contributed by atoms with Crippen LogP contribution in [0.3, 0.4) is 0 Å². The number of aromatic nitrogens is 2. The third kappa shape index (κ3) is 4.64. The first kappa shape index (κ1) is 20.0. The molecule has 0 aliphatic heterocycles. The molecule has 1 aromatic carbocycles. The number of rotatable bonds is 7. The fourth-order valence-electron chi connectivity index (χ4n) is 3.08. The number of amides is 1. The maximum Gasteiger partial charge on any atom is 0.223 e. The molecule has 0 spiro atoms. The molecule has 0 radical (unpaired) electrons. The van der Waals surface area contributed by atoms with Crippen molar-refractivity contribution in [3.8, 4) is 6.07 Å². The van der Waals surface area contributed by atoms with E-state index in [-0.39, 0.29) is 11.9 Å². The Bertz CT molecular complexity index is 822. The van der Waals surface area contributed by atoms with Crippen molar-refractivity contribution in [1.29, 1.82) is 5.26 Å². The molecule has 5 nitrogen and oxygen atoms in total. The minimum absolute atomic E-state index is 0.0401. The zero-order chi connectivity index (χ0) is 19.3. The summed E-state index contributed by atoms with van der Waals surface area (Å²) >= 11 is 6.05. The van der Waals surface area contributed by atoms with Crippen molar-refractivity contribution in [2.24, 2.45) is 0 Å². The Kier molecular flexibility index (Phi) is 6.82. The predicted octanol–water partition coefficient (Wildman–Crippen LogP) is 4.22. The first-order valence-corrected chi connectivity index (χ1v) is 9.14. The van der Waals surface area contributed by atoms with Gasteiger partial charge in [-0.25, -0.2) is 0 Å². The third-order valence-electron chi connectivity index (χ3n) is 4.86. The van der Waals surface area contributed by atoms with Crippen molar-refractivity contribution >= 4 is 17.5 Å². The van der Waals surface area contributed by atoms with Crippen molar-refractivity contribution in [2.75, 3.05) is 7.05 Å². The van der Waals surface area contributed by atoms with Crippen molar-refractivity contribution in [2.45, 2.75) is 52.6 Å². The lowest BCUT2D eigenvalue weighted by atomic mass is 10.0. The molecule has 0 bridgehead atoms. The van der Waals surface area contributed by atoms with Crippen molar-refractivity contribution < 1.29 is 4.79 Å². The van der Waals surface area contributed by atoms with Crippen molar-refractivity contribution in [3.63, 3.8) is 0 Å². The van der Waals surface area contributed by atoms with E-state index in [1.807, 2.05) is 56.8 Å². The first-order chi connectivity index (χ1) is 12.3. The summed E-state index contributed by atoms with van der Waals surface area (Å²) in [5.74, 6) is 0.0843. The number of nitriles is 1. The normalized spacial score (nSPS) is 11.8. The highest BCUT2D eigenvalue weighted by Gasteiger charge is 2.19. The van der Waals surface area contributed by atoms with Crippen LogP contribution in [0, 0.1) is 25.2 Å². The van der Waals surface area contributed by atoms with Gasteiger partial charge in [-0.3, -0.25) is 9.48 Å². The standard InChI is InChI=1S/C20H25ClN4O/c1-14-19(16(3)25(23-14)12-6-11-22)9-10-20(26)24(4)15(2)17-7-5-8-18(21)13-17/h5,7-8,13,15H,6,9-10,12H2,1-4H3. The summed E-state index contributed by atoms with van der Waals surface area (Å²) in [5, 5.41) is 13.9. The largest absolute Gasteiger partial charge is 0.339 e. The van der Waals surface area contributed by atoms with Crippen LogP contribution in [0.5, 0.6) is 0 Å². The molecule has 2 rings (SSSR count). The Labute approximate surface area is 160 Å². The van der Waals surface area contributed by atoms with Gasteiger partial charge in [0.2, 0.25) is 5.91 Å². The van der Waals surface area contributed by atoms with Crippen molar-refractivity contribution in [3.05, 3.63) is 51.8 Å². The molecule has 0 aliphatic rings. The summed E-state index contributed by atoms with van der Waals surface area (Å²) in [6, 6.07) is 9.70. The number of nitrogens with zero attached hydrogens (tertiary/aromatic N) is 4. The average molecular weight is 373 g/mol. The number of carbonyl (C=O) groups is 1. The molecule has 6 heteroatoms. The number of hydrogen-bond donors (Lipinski definition) is 0. The second-order valence-corrected chi connectivity index (χ2v) is 6.95. The number of hydrogen-bond acceptors (Lipinski definition) is 3. The molecule has 1 atom stereocenters. The summed E-state index contributed by atoms with van der Waals surface area (Å²) in [7, 11) is 1.82. The van der Waals surface area contributed by atoms with Crippen LogP contribution >= 0.6 is 11.6 Å². The Balaban J connectivity index is 2.02. The lowest BCUT2D eigenvalue weighted by Gasteiger charge is -2.25. The summed E-state index contributed by atoms with van der Waals surface area (Å²) in [6.07, 6.45) is 1.50. The van der Waals surface area contributed by atoms with Gasteiger partial charge in [-0.1, -0.05) is 23.7 Å². The first-order valence-electron chi connectivity index (χ1n) is 8.76. The number of aryl methyl sites for hydroxylation is 2. The maximum atomic E-state index is 12.6. The number of halogens is 1. The van der Waals surface area contributed by atoms with Crippen LogP contribution in [-0.4, -0.2) is 27.6 Å². The molecule has 26 heavy (non-hydrogen) atoms. The molecular formula is C20H25ClN4O. The molecule has 1 unspecified atom stereocenters. The van der Waals surface area contributed by atoms with Gasteiger partial charge in [-0.15, -0.1) is 0 Å². The topological polar surface area (TPSA) is 61.9 Å².